The van der Waals surface area contributed by atoms with Gasteiger partial charge in [-0.25, -0.2) is 0 Å². The summed E-state index contributed by atoms with van der Waals surface area (Å²) in [6.07, 6.45) is 9.96. The van der Waals surface area contributed by atoms with E-state index in [9.17, 15) is 0 Å². The van der Waals surface area contributed by atoms with E-state index < -0.39 is 0 Å². The molecule has 2 heteroatoms. The molecule has 2 rings (SSSR count). The highest BCUT2D eigenvalue weighted by Crippen LogP contribution is 2.35. The van der Waals surface area contributed by atoms with Crippen LogP contribution in [0.25, 0.3) is 0 Å². The lowest BCUT2D eigenvalue weighted by atomic mass is 9.78. The summed E-state index contributed by atoms with van der Waals surface area (Å²) in [6.45, 7) is 0.967. The summed E-state index contributed by atoms with van der Waals surface area (Å²) in [5, 5.41) is 0. The van der Waals surface area contributed by atoms with Crippen molar-refractivity contribution in [3.63, 3.8) is 0 Å². The van der Waals surface area contributed by atoms with E-state index in [0.29, 0.717) is 12.0 Å². The summed E-state index contributed by atoms with van der Waals surface area (Å²) >= 11 is 6.01. The minimum atomic E-state index is 0.488. The number of ether oxygens (including phenoxy) is 1. The Kier molecular flexibility index (Phi) is 4.12. The number of hydrogen-bond acceptors (Lipinski definition) is 1. The highest BCUT2D eigenvalue weighted by molar-refractivity contribution is 6.18. The van der Waals surface area contributed by atoms with E-state index in [2.05, 4.69) is 0 Å². The molecule has 2 aliphatic rings. The van der Waals surface area contributed by atoms with Crippen molar-refractivity contribution in [3.8, 4) is 0 Å². The predicted octanol–water partition coefficient (Wildman–Crippen LogP) is 3.60. The van der Waals surface area contributed by atoms with Crippen LogP contribution >= 0.6 is 11.6 Å². The summed E-state index contributed by atoms with van der Waals surface area (Å²) in [5.74, 6) is 2.24. The van der Waals surface area contributed by atoms with Gasteiger partial charge in [-0.15, -0.1) is 11.6 Å². The van der Waals surface area contributed by atoms with Crippen molar-refractivity contribution in [1.82, 2.24) is 0 Å². The number of rotatable bonds is 2. The van der Waals surface area contributed by atoms with E-state index in [1.165, 1.54) is 44.9 Å². The van der Waals surface area contributed by atoms with Crippen LogP contribution in [0, 0.1) is 11.8 Å². The molecule has 0 aromatic heterocycles. The Labute approximate surface area is 92.2 Å². The van der Waals surface area contributed by atoms with Crippen LogP contribution in [0.5, 0.6) is 0 Å². The molecule has 1 saturated carbocycles. The van der Waals surface area contributed by atoms with Gasteiger partial charge in [-0.05, 0) is 37.5 Å². The standard InChI is InChI=1S/C12H21ClO/c13-9-11-7-4-8-14-12(11)10-5-2-1-3-6-10/h10-12H,1-9H2. The molecular formula is C12H21ClO. The second-order valence-corrected chi connectivity index (χ2v) is 5.10. The van der Waals surface area contributed by atoms with Crippen LogP contribution in [-0.4, -0.2) is 18.6 Å². The lowest BCUT2D eigenvalue weighted by molar-refractivity contribution is -0.0621. The van der Waals surface area contributed by atoms with Gasteiger partial charge in [-0.2, -0.15) is 0 Å². The molecule has 0 aromatic rings. The number of halogens is 1. The summed E-state index contributed by atoms with van der Waals surface area (Å²) in [4.78, 5) is 0. The molecular weight excluding hydrogens is 196 g/mol. The molecule has 14 heavy (non-hydrogen) atoms. The molecule has 2 atom stereocenters. The van der Waals surface area contributed by atoms with E-state index in [4.69, 9.17) is 16.3 Å². The summed E-state index contributed by atoms with van der Waals surface area (Å²) in [7, 11) is 0. The Bertz CT molecular complexity index is 166. The van der Waals surface area contributed by atoms with E-state index in [0.717, 1.165) is 18.4 Å². The molecule has 1 aliphatic carbocycles. The second kappa shape index (κ2) is 5.37. The first-order valence-electron chi connectivity index (χ1n) is 6.09. The molecule has 1 nitrogen and oxygen atoms in total. The van der Waals surface area contributed by atoms with Crippen LogP contribution in [0.4, 0.5) is 0 Å². The lowest BCUT2D eigenvalue weighted by Crippen LogP contribution is -2.37. The Morgan fingerprint density at radius 1 is 1.00 bits per heavy atom. The van der Waals surface area contributed by atoms with Gasteiger partial charge in [0.2, 0.25) is 0 Å². The van der Waals surface area contributed by atoms with Gasteiger partial charge in [0.25, 0.3) is 0 Å². The van der Waals surface area contributed by atoms with E-state index in [1.807, 2.05) is 0 Å². The molecule has 0 amide bonds. The maximum atomic E-state index is 6.01. The minimum Gasteiger partial charge on any atom is -0.378 e. The smallest absolute Gasteiger partial charge is 0.0642 e. The van der Waals surface area contributed by atoms with Crippen LogP contribution in [0.15, 0.2) is 0 Å². The summed E-state index contributed by atoms with van der Waals surface area (Å²) in [6, 6.07) is 0. The van der Waals surface area contributed by atoms with Crippen molar-refractivity contribution in [1.29, 1.82) is 0 Å². The zero-order chi connectivity index (χ0) is 9.80. The average Bonchev–Trinajstić information content (AvgIpc) is 2.30. The highest BCUT2D eigenvalue weighted by atomic mass is 35.5. The molecule has 82 valence electrons. The zero-order valence-corrected chi connectivity index (χ0v) is 9.64. The molecule has 0 aromatic carbocycles. The first kappa shape index (κ1) is 10.8. The number of hydrogen-bond donors (Lipinski definition) is 0. The van der Waals surface area contributed by atoms with Gasteiger partial charge in [0.1, 0.15) is 0 Å². The Morgan fingerprint density at radius 2 is 1.79 bits per heavy atom. The first-order valence-corrected chi connectivity index (χ1v) is 6.63. The Balaban J connectivity index is 1.91. The molecule has 1 aliphatic heterocycles. The average molecular weight is 217 g/mol. The van der Waals surface area contributed by atoms with Gasteiger partial charge in [-0.3, -0.25) is 0 Å². The molecule has 1 heterocycles. The van der Waals surface area contributed by atoms with E-state index >= 15 is 0 Å². The second-order valence-electron chi connectivity index (χ2n) is 4.79. The zero-order valence-electron chi connectivity index (χ0n) is 8.88. The lowest BCUT2D eigenvalue weighted by Gasteiger charge is -2.38. The molecule has 0 bridgehead atoms. The fraction of sp³-hybridized carbons (Fsp3) is 1.00. The Morgan fingerprint density at radius 3 is 2.50 bits per heavy atom. The molecule has 2 unspecified atom stereocenters. The van der Waals surface area contributed by atoms with Crippen molar-refractivity contribution >= 4 is 11.6 Å². The highest BCUT2D eigenvalue weighted by Gasteiger charge is 2.32. The predicted molar refractivity (Wildman–Crippen MR) is 59.8 cm³/mol. The van der Waals surface area contributed by atoms with Crippen molar-refractivity contribution in [2.75, 3.05) is 12.5 Å². The SMILES string of the molecule is ClCC1CCCOC1C1CCCCC1. The van der Waals surface area contributed by atoms with E-state index in [-0.39, 0.29) is 0 Å². The molecule has 2 fully saturated rings. The third-order valence-corrected chi connectivity index (χ3v) is 4.20. The van der Waals surface area contributed by atoms with Crippen LogP contribution in [0.2, 0.25) is 0 Å². The maximum absolute atomic E-state index is 6.01. The van der Waals surface area contributed by atoms with Crippen LogP contribution in [0.1, 0.15) is 44.9 Å². The summed E-state index contributed by atoms with van der Waals surface area (Å²) in [5.41, 5.74) is 0. The molecule has 0 radical (unpaired) electrons. The fourth-order valence-corrected chi connectivity index (χ4v) is 3.34. The van der Waals surface area contributed by atoms with Crippen molar-refractivity contribution in [2.45, 2.75) is 51.0 Å². The fourth-order valence-electron chi connectivity index (χ4n) is 3.01. The molecule has 0 N–H and O–H groups in total. The van der Waals surface area contributed by atoms with Crippen LogP contribution < -0.4 is 0 Å². The van der Waals surface area contributed by atoms with Gasteiger partial charge in [-0.1, -0.05) is 19.3 Å². The minimum absolute atomic E-state index is 0.488. The molecule has 0 spiro atoms. The Hall–Kier alpha value is 0.250. The van der Waals surface area contributed by atoms with Gasteiger partial charge >= 0.3 is 0 Å². The number of alkyl halides is 1. The van der Waals surface area contributed by atoms with Crippen LogP contribution in [-0.2, 0) is 4.74 Å². The topological polar surface area (TPSA) is 9.23 Å². The summed E-state index contributed by atoms with van der Waals surface area (Å²) < 4.78 is 5.94. The van der Waals surface area contributed by atoms with Gasteiger partial charge in [0.15, 0.2) is 0 Å². The van der Waals surface area contributed by atoms with Crippen molar-refractivity contribution in [3.05, 3.63) is 0 Å². The quantitative estimate of drug-likeness (QED) is 0.641. The van der Waals surface area contributed by atoms with Gasteiger partial charge in [0.05, 0.1) is 6.10 Å². The molecule has 1 saturated heterocycles. The van der Waals surface area contributed by atoms with Gasteiger partial charge in [0, 0.05) is 12.5 Å². The van der Waals surface area contributed by atoms with Gasteiger partial charge < -0.3 is 4.74 Å². The third kappa shape index (κ3) is 2.43. The van der Waals surface area contributed by atoms with E-state index in [1.54, 1.807) is 0 Å². The first-order chi connectivity index (χ1) is 6.92. The van der Waals surface area contributed by atoms with Crippen LogP contribution in [0.3, 0.4) is 0 Å². The third-order valence-electron chi connectivity index (χ3n) is 3.81. The maximum Gasteiger partial charge on any atom is 0.0642 e. The van der Waals surface area contributed by atoms with Crippen molar-refractivity contribution in [2.24, 2.45) is 11.8 Å². The van der Waals surface area contributed by atoms with Crippen molar-refractivity contribution < 1.29 is 4.74 Å². The monoisotopic (exact) mass is 216 g/mol. The normalized spacial score (nSPS) is 35.8. The largest absolute Gasteiger partial charge is 0.378 e.